The van der Waals surface area contributed by atoms with Crippen LogP contribution in [0.15, 0.2) is 12.2 Å². The van der Waals surface area contributed by atoms with Crippen LogP contribution in [0, 0.1) is 0 Å². The quantitative estimate of drug-likeness (QED) is 0.263. The van der Waals surface area contributed by atoms with E-state index in [0.717, 1.165) is 19.3 Å². The Labute approximate surface area is 184 Å². The summed E-state index contributed by atoms with van der Waals surface area (Å²) in [5.74, 6) is -0.914. The Kier molecular flexibility index (Phi) is 38.7. The van der Waals surface area contributed by atoms with Crippen molar-refractivity contribution in [2.45, 2.75) is 117 Å². The van der Waals surface area contributed by atoms with Gasteiger partial charge in [0.05, 0.1) is 0 Å². The van der Waals surface area contributed by atoms with E-state index in [-0.39, 0.29) is 47.6 Å². The number of allylic oxidation sites excluding steroid dienone is 2. The van der Waals surface area contributed by atoms with Crippen LogP contribution in [0.5, 0.6) is 0 Å². The Morgan fingerprint density at radius 2 is 1.19 bits per heavy atom. The zero-order chi connectivity index (χ0) is 18.5. The molecule has 0 aromatic rings. The molecule has 26 heavy (non-hydrogen) atoms. The van der Waals surface area contributed by atoms with E-state index in [2.05, 4.69) is 19.1 Å². The third-order valence-corrected chi connectivity index (χ3v) is 3.64. The van der Waals surface area contributed by atoms with Crippen molar-refractivity contribution in [2.75, 3.05) is 0 Å². The number of aliphatic hydroxyl groups excluding tert-OH is 1. The van der Waals surface area contributed by atoms with Crippen LogP contribution in [0.25, 0.3) is 0 Å². The molecule has 5 heteroatoms. The number of carboxylic acid groups (broad SMARTS) is 1. The maximum atomic E-state index is 10.2. The normalized spacial score (nSPS) is 10.0. The Balaban J connectivity index is -0.000000363. The topological polar surface area (TPSA) is 91.9 Å². The standard InChI is InChI=1S/C18H34O2.C3H8O.Na.H2O/c1-2-3-4-5-6-7-8-9-10-11-12-13-14-15-16-17-18(19)20;1-3(2)4;;/h9-10H,2-8,11-17H2,1H3,(H,19,20);3-4H,1-2H3;;1H2/q;;+1;/p-1/b10-9-;;;. The number of rotatable bonds is 15. The average Bonchev–Trinajstić information content (AvgIpc) is 2.50. The third kappa shape index (κ3) is 44.0. The first-order valence-corrected chi connectivity index (χ1v) is 10.0. The minimum atomic E-state index is -0.914. The van der Waals surface area contributed by atoms with Crippen molar-refractivity contribution in [1.82, 2.24) is 0 Å². The summed E-state index contributed by atoms with van der Waals surface area (Å²) in [6.45, 7) is 5.70. The fraction of sp³-hybridized carbons (Fsp3) is 0.857. The SMILES string of the molecule is CC(C)O.CCCCCCCC/C=C\CCCCCCCC(=O)[O-].O.[Na+]. The van der Waals surface area contributed by atoms with Gasteiger partial charge in [0.2, 0.25) is 0 Å². The second-order valence-electron chi connectivity index (χ2n) is 6.80. The van der Waals surface area contributed by atoms with Crippen molar-refractivity contribution >= 4 is 5.97 Å². The Morgan fingerprint density at radius 1 is 0.846 bits per heavy atom. The number of carbonyl (C=O) groups is 1. The van der Waals surface area contributed by atoms with Crippen molar-refractivity contribution < 1.29 is 50.0 Å². The van der Waals surface area contributed by atoms with E-state index in [9.17, 15) is 9.90 Å². The molecule has 0 fully saturated rings. The van der Waals surface area contributed by atoms with Gasteiger partial charge >= 0.3 is 29.6 Å². The van der Waals surface area contributed by atoms with Gasteiger partial charge in [0.1, 0.15) is 0 Å². The van der Waals surface area contributed by atoms with E-state index in [1.165, 1.54) is 64.2 Å². The van der Waals surface area contributed by atoms with E-state index in [1.54, 1.807) is 13.8 Å². The minimum Gasteiger partial charge on any atom is -0.550 e. The van der Waals surface area contributed by atoms with Crippen molar-refractivity contribution in [3.8, 4) is 0 Å². The molecule has 0 amide bonds. The van der Waals surface area contributed by atoms with Gasteiger partial charge in [0, 0.05) is 12.1 Å². The zero-order valence-electron chi connectivity index (χ0n) is 17.9. The largest absolute Gasteiger partial charge is 1.00 e. The number of carboxylic acids is 1. The smallest absolute Gasteiger partial charge is 0.550 e. The molecular formula is C21H43NaO4. The Morgan fingerprint density at radius 3 is 1.58 bits per heavy atom. The third-order valence-electron chi connectivity index (χ3n) is 3.64. The molecule has 152 valence electrons. The van der Waals surface area contributed by atoms with Crippen LogP contribution < -0.4 is 34.7 Å². The second-order valence-corrected chi connectivity index (χ2v) is 6.80. The fourth-order valence-electron chi connectivity index (χ4n) is 2.34. The summed E-state index contributed by atoms with van der Waals surface area (Å²) in [5.41, 5.74) is 0. The van der Waals surface area contributed by atoms with E-state index >= 15 is 0 Å². The molecule has 0 aliphatic carbocycles. The minimum absolute atomic E-state index is 0. The number of aliphatic carboxylic acids is 1. The first-order chi connectivity index (χ1) is 11.5. The molecule has 0 aromatic heterocycles. The molecule has 0 aliphatic heterocycles. The van der Waals surface area contributed by atoms with Gasteiger partial charge in [-0.1, -0.05) is 70.4 Å². The first kappa shape index (κ1) is 33.7. The maximum absolute atomic E-state index is 10.2. The number of hydrogen-bond acceptors (Lipinski definition) is 3. The monoisotopic (exact) mass is 382 g/mol. The molecule has 0 atom stereocenters. The molecule has 0 aliphatic rings. The molecule has 0 spiro atoms. The van der Waals surface area contributed by atoms with Crippen LogP contribution in [0.1, 0.15) is 111 Å². The van der Waals surface area contributed by atoms with Gasteiger partial charge < -0.3 is 20.5 Å². The second kappa shape index (κ2) is 29.9. The summed E-state index contributed by atoms with van der Waals surface area (Å²) in [6, 6.07) is 0. The van der Waals surface area contributed by atoms with Gasteiger partial charge in [0.15, 0.2) is 0 Å². The van der Waals surface area contributed by atoms with E-state index < -0.39 is 5.97 Å². The van der Waals surface area contributed by atoms with Crippen LogP contribution >= 0.6 is 0 Å². The molecule has 0 saturated carbocycles. The summed E-state index contributed by atoms with van der Waals surface area (Å²) < 4.78 is 0. The van der Waals surface area contributed by atoms with Crippen molar-refractivity contribution in [3.63, 3.8) is 0 Å². The van der Waals surface area contributed by atoms with Crippen molar-refractivity contribution in [2.24, 2.45) is 0 Å². The van der Waals surface area contributed by atoms with Crippen LogP contribution in [0.4, 0.5) is 0 Å². The molecule has 0 aromatic carbocycles. The molecule has 4 nitrogen and oxygen atoms in total. The Bertz CT molecular complexity index is 278. The van der Waals surface area contributed by atoms with Gasteiger partial charge in [-0.05, 0) is 52.4 Å². The van der Waals surface area contributed by atoms with Crippen LogP contribution in [0.3, 0.4) is 0 Å². The van der Waals surface area contributed by atoms with Gasteiger partial charge in [-0.2, -0.15) is 0 Å². The Hall–Kier alpha value is 0.130. The average molecular weight is 383 g/mol. The van der Waals surface area contributed by atoms with Gasteiger partial charge in [0.25, 0.3) is 0 Å². The summed E-state index contributed by atoms with van der Waals surface area (Å²) >= 11 is 0. The fourth-order valence-corrected chi connectivity index (χ4v) is 2.34. The van der Waals surface area contributed by atoms with Crippen molar-refractivity contribution in [1.29, 1.82) is 0 Å². The van der Waals surface area contributed by atoms with E-state index in [4.69, 9.17) is 5.11 Å². The summed E-state index contributed by atoms with van der Waals surface area (Å²) in [6.07, 6.45) is 20.7. The molecule has 0 saturated heterocycles. The molecule has 3 N–H and O–H groups in total. The van der Waals surface area contributed by atoms with Crippen LogP contribution in [-0.4, -0.2) is 22.7 Å². The van der Waals surface area contributed by atoms with E-state index in [0.29, 0.717) is 0 Å². The van der Waals surface area contributed by atoms with Gasteiger partial charge in [-0.3, -0.25) is 0 Å². The van der Waals surface area contributed by atoms with Crippen LogP contribution in [0.2, 0.25) is 0 Å². The zero-order valence-corrected chi connectivity index (χ0v) is 19.9. The maximum Gasteiger partial charge on any atom is 1.00 e. The van der Waals surface area contributed by atoms with Crippen LogP contribution in [-0.2, 0) is 4.79 Å². The number of aliphatic hydroxyl groups is 1. The molecule has 0 rings (SSSR count). The molecule has 0 unspecified atom stereocenters. The number of carbonyl (C=O) groups excluding carboxylic acids is 1. The number of hydrogen-bond donors (Lipinski definition) is 1. The first-order valence-electron chi connectivity index (χ1n) is 10.0. The summed E-state index contributed by atoms with van der Waals surface area (Å²) in [5, 5.41) is 18.3. The molecule has 0 heterocycles. The molecular weight excluding hydrogens is 339 g/mol. The van der Waals surface area contributed by atoms with Crippen molar-refractivity contribution in [3.05, 3.63) is 12.2 Å². The molecule has 0 bridgehead atoms. The molecule has 0 radical (unpaired) electrons. The van der Waals surface area contributed by atoms with E-state index in [1.807, 2.05) is 0 Å². The summed E-state index contributed by atoms with van der Waals surface area (Å²) in [4.78, 5) is 10.2. The predicted molar refractivity (Wildman–Crippen MR) is 105 cm³/mol. The summed E-state index contributed by atoms with van der Waals surface area (Å²) in [7, 11) is 0. The predicted octanol–water partition coefficient (Wildman–Crippen LogP) is 1.34. The number of unbranched alkanes of at least 4 members (excludes halogenated alkanes) is 11. The van der Waals surface area contributed by atoms with Gasteiger partial charge in [-0.15, -0.1) is 0 Å². The van der Waals surface area contributed by atoms with Gasteiger partial charge in [-0.25, -0.2) is 0 Å².